The lowest BCUT2D eigenvalue weighted by Gasteiger charge is -2.10. The lowest BCUT2D eigenvalue weighted by Crippen LogP contribution is -2.26. The predicted octanol–water partition coefficient (Wildman–Crippen LogP) is 2.36. The first-order chi connectivity index (χ1) is 11.5. The van der Waals surface area contributed by atoms with Gasteiger partial charge in [-0.15, -0.1) is 0 Å². The van der Waals surface area contributed by atoms with Crippen LogP contribution in [0.2, 0.25) is 5.02 Å². The molecule has 24 heavy (non-hydrogen) atoms. The van der Waals surface area contributed by atoms with E-state index in [1.54, 1.807) is 22.9 Å². The van der Waals surface area contributed by atoms with Crippen molar-refractivity contribution in [1.82, 2.24) is 19.3 Å². The molecular formula is C15H11ClN4O3S. The molecule has 1 aliphatic rings. The number of rotatable bonds is 3. The molecule has 0 radical (unpaired) electrons. The molecule has 122 valence electrons. The molecule has 0 saturated heterocycles. The average Bonchev–Trinajstić information content (AvgIpc) is 3.12. The zero-order valence-electron chi connectivity index (χ0n) is 12.2. The van der Waals surface area contributed by atoms with Gasteiger partial charge in [-0.2, -0.15) is 5.10 Å². The molecule has 1 atom stereocenters. The number of nitrogens with zero attached hydrogens (tertiary/aromatic N) is 4. The van der Waals surface area contributed by atoms with E-state index in [0.717, 1.165) is 0 Å². The zero-order chi connectivity index (χ0) is 16.8. The van der Waals surface area contributed by atoms with Crippen LogP contribution in [0.4, 0.5) is 0 Å². The minimum atomic E-state index is -0.935. The molecule has 2 aromatic heterocycles. The van der Waals surface area contributed by atoms with Crippen molar-refractivity contribution in [2.24, 2.45) is 0 Å². The van der Waals surface area contributed by atoms with Crippen molar-refractivity contribution < 1.29 is 9.90 Å². The second-order valence-electron chi connectivity index (χ2n) is 5.41. The van der Waals surface area contributed by atoms with Gasteiger partial charge in [0.05, 0.1) is 24.3 Å². The highest BCUT2D eigenvalue weighted by molar-refractivity contribution is 7.99. The Hall–Kier alpha value is -2.32. The number of hydrogen-bond acceptors (Lipinski definition) is 5. The minimum absolute atomic E-state index is 0.102. The van der Waals surface area contributed by atoms with Crippen LogP contribution in [0.3, 0.4) is 0 Å². The maximum atomic E-state index is 12.8. The maximum Gasteiger partial charge on any atom is 0.305 e. The van der Waals surface area contributed by atoms with Crippen LogP contribution in [0.1, 0.15) is 12.5 Å². The number of carbonyl (C=O) groups is 1. The lowest BCUT2D eigenvalue weighted by molar-refractivity contribution is -0.137. The lowest BCUT2D eigenvalue weighted by atomic mass is 10.2. The van der Waals surface area contributed by atoms with Gasteiger partial charge in [0.2, 0.25) is 0 Å². The molecule has 0 unspecified atom stereocenters. The summed E-state index contributed by atoms with van der Waals surface area (Å²) in [6, 6.07) is 6.72. The number of halogens is 1. The van der Waals surface area contributed by atoms with Crippen molar-refractivity contribution in [1.29, 1.82) is 0 Å². The Morgan fingerprint density at radius 2 is 2.29 bits per heavy atom. The number of carboxylic acids is 1. The Balaban J connectivity index is 1.90. The van der Waals surface area contributed by atoms with E-state index in [0.29, 0.717) is 32.7 Å². The third-order valence-corrected chi connectivity index (χ3v) is 5.17. The normalized spacial score (nSPS) is 16.5. The summed E-state index contributed by atoms with van der Waals surface area (Å²) in [6.07, 6.45) is 1.36. The SMILES string of the molecule is O=C(O)C[C@H]1CSc2nc3c(cnn3-c3cccc(Cl)c3)c(=O)n21. The number of benzene rings is 1. The van der Waals surface area contributed by atoms with Gasteiger partial charge in [0, 0.05) is 10.8 Å². The predicted molar refractivity (Wildman–Crippen MR) is 90.1 cm³/mol. The largest absolute Gasteiger partial charge is 0.481 e. The first kappa shape index (κ1) is 15.2. The number of aromatic nitrogens is 4. The Morgan fingerprint density at radius 3 is 3.04 bits per heavy atom. The van der Waals surface area contributed by atoms with E-state index in [2.05, 4.69) is 10.1 Å². The van der Waals surface area contributed by atoms with Crippen LogP contribution in [-0.4, -0.2) is 36.2 Å². The van der Waals surface area contributed by atoms with Crippen molar-refractivity contribution >= 4 is 40.4 Å². The van der Waals surface area contributed by atoms with E-state index in [1.807, 2.05) is 6.07 Å². The number of hydrogen-bond donors (Lipinski definition) is 1. The third-order valence-electron chi connectivity index (χ3n) is 3.83. The van der Waals surface area contributed by atoms with Crippen LogP contribution in [0.5, 0.6) is 0 Å². The molecule has 1 aromatic carbocycles. The summed E-state index contributed by atoms with van der Waals surface area (Å²) in [6.45, 7) is 0. The average molecular weight is 363 g/mol. The molecule has 4 rings (SSSR count). The molecule has 0 bridgehead atoms. The van der Waals surface area contributed by atoms with Crippen molar-refractivity contribution in [3.05, 3.63) is 45.8 Å². The fourth-order valence-corrected chi connectivity index (χ4v) is 4.09. The summed E-state index contributed by atoms with van der Waals surface area (Å²) in [5.74, 6) is -0.416. The van der Waals surface area contributed by atoms with Gasteiger partial charge in [0.15, 0.2) is 10.8 Å². The van der Waals surface area contributed by atoms with Gasteiger partial charge in [-0.05, 0) is 18.2 Å². The second-order valence-corrected chi connectivity index (χ2v) is 6.83. The van der Waals surface area contributed by atoms with E-state index in [1.165, 1.54) is 22.5 Å². The molecule has 7 nitrogen and oxygen atoms in total. The van der Waals surface area contributed by atoms with Crippen molar-refractivity contribution in [3.63, 3.8) is 0 Å². The van der Waals surface area contributed by atoms with Crippen LogP contribution in [0.15, 0.2) is 40.4 Å². The zero-order valence-corrected chi connectivity index (χ0v) is 13.8. The fourth-order valence-electron chi connectivity index (χ4n) is 2.78. The van der Waals surface area contributed by atoms with Crippen LogP contribution in [-0.2, 0) is 4.79 Å². The summed E-state index contributed by atoms with van der Waals surface area (Å²) >= 11 is 7.40. The number of fused-ring (bicyclic) bond motifs is 2. The summed E-state index contributed by atoms with van der Waals surface area (Å²) < 4.78 is 3.03. The van der Waals surface area contributed by atoms with E-state index in [4.69, 9.17) is 16.7 Å². The van der Waals surface area contributed by atoms with E-state index in [9.17, 15) is 9.59 Å². The Morgan fingerprint density at radius 1 is 1.46 bits per heavy atom. The molecular weight excluding hydrogens is 352 g/mol. The molecule has 1 aliphatic heterocycles. The fraction of sp³-hybridized carbons (Fsp3) is 0.200. The van der Waals surface area contributed by atoms with Crippen molar-refractivity contribution in [3.8, 4) is 5.69 Å². The highest BCUT2D eigenvalue weighted by Gasteiger charge is 2.29. The molecule has 0 aliphatic carbocycles. The molecule has 0 spiro atoms. The van der Waals surface area contributed by atoms with Crippen LogP contribution in [0, 0.1) is 0 Å². The van der Waals surface area contributed by atoms with E-state index < -0.39 is 5.97 Å². The quantitative estimate of drug-likeness (QED) is 0.719. The number of aliphatic carboxylic acids is 1. The molecule has 0 fully saturated rings. The Labute approximate surface area is 144 Å². The molecule has 3 aromatic rings. The van der Waals surface area contributed by atoms with E-state index >= 15 is 0 Å². The minimum Gasteiger partial charge on any atom is -0.481 e. The summed E-state index contributed by atoms with van der Waals surface area (Å²) in [7, 11) is 0. The molecule has 1 N–H and O–H groups in total. The maximum absolute atomic E-state index is 12.8. The van der Waals surface area contributed by atoms with Gasteiger partial charge in [-0.1, -0.05) is 29.4 Å². The van der Waals surface area contributed by atoms with Gasteiger partial charge in [0.1, 0.15) is 5.39 Å². The Kier molecular flexibility index (Phi) is 3.58. The monoisotopic (exact) mass is 362 g/mol. The van der Waals surface area contributed by atoms with Gasteiger partial charge in [0.25, 0.3) is 5.56 Å². The summed E-state index contributed by atoms with van der Waals surface area (Å²) in [4.78, 5) is 28.3. The van der Waals surface area contributed by atoms with Crippen molar-refractivity contribution in [2.75, 3.05) is 5.75 Å². The highest BCUT2D eigenvalue weighted by Crippen LogP contribution is 2.33. The first-order valence-electron chi connectivity index (χ1n) is 7.15. The third kappa shape index (κ3) is 2.38. The number of carboxylic acid groups (broad SMARTS) is 1. The first-order valence-corrected chi connectivity index (χ1v) is 8.52. The van der Waals surface area contributed by atoms with E-state index in [-0.39, 0.29) is 18.0 Å². The van der Waals surface area contributed by atoms with Crippen LogP contribution < -0.4 is 5.56 Å². The second kappa shape index (κ2) is 5.64. The van der Waals surface area contributed by atoms with Crippen LogP contribution in [0.25, 0.3) is 16.7 Å². The smallest absolute Gasteiger partial charge is 0.305 e. The highest BCUT2D eigenvalue weighted by atomic mass is 35.5. The topological polar surface area (TPSA) is 90.0 Å². The molecule has 9 heteroatoms. The molecule has 0 amide bonds. The number of thioether (sulfide) groups is 1. The van der Waals surface area contributed by atoms with Gasteiger partial charge >= 0.3 is 5.97 Å². The summed E-state index contributed by atoms with van der Waals surface area (Å²) in [5, 5.41) is 14.7. The van der Waals surface area contributed by atoms with Gasteiger partial charge in [-0.25, -0.2) is 9.67 Å². The molecule has 0 saturated carbocycles. The summed E-state index contributed by atoms with van der Waals surface area (Å²) in [5.41, 5.74) is 0.885. The van der Waals surface area contributed by atoms with Crippen LogP contribution >= 0.6 is 23.4 Å². The van der Waals surface area contributed by atoms with Crippen molar-refractivity contribution in [2.45, 2.75) is 17.6 Å². The van der Waals surface area contributed by atoms with Gasteiger partial charge in [-0.3, -0.25) is 14.2 Å². The standard InChI is InChI=1S/C15H11ClN4O3S/c16-8-2-1-3-9(4-8)20-13-11(6-17-20)14(23)19-10(5-12(21)22)7-24-15(19)18-13/h1-4,6,10H,5,7H2,(H,21,22)/t10-/m0/s1. The molecule has 3 heterocycles. The Bertz CT molecular complexity index is 1030. The van der Waals surface area contributed by atoms with Gasteiger partial charge < -0.3 is 5.11 Å².